The van der Waals surface area contributed by atoms with Gasteiger partial charge in [-0.25, -0.2) is 4.98 Å². The summed E-state index contributed by atoms with van der Waals surface area (Å²) in [7, 11) is 0. The van der Waals surface area contributed by atoms with Gasteiger partial charge in [-0.15, -0.1) is 0 Å². The molecule has 5 heteroatoms. The first-order valence-corrected chi connectivity index (χ1v) is 7.28. The lowest BCUT2D eigenvalue weighted by atomic mass is 9.97. The normalized spacial score (nSPS) is 11.5. The largest absolute Gasteiger partial charge is 0.369 e. The van der Waals surface area contributed by atoms with Gasteiger partial charge >= 0.3 is 0 Å². The van der Waals surface area contributed by atoms with E-state index in [9.17, 15) is 0 Å². The minimum atomic E-state index is 0.159. The summed E-state index contributed by atoms with van der Waals surface area (Å²) in [5.74, 6) is 0.982. The minimum Gasteiger partial charge on any atom is -0.369 e. The third kappa shape index (κ3) is 4.08. The molecule has 21 heavy (non-hydrogen) atoms. The number of halogens is 1. The Morgan fingerprint density at radius 3 is 2.62 bits per heavy atom. The fraction of sp³-hybridized carbons (Fsp3) is 0.375. The highest BCUT2D eigenvalue weighted by Gasteiger charge is 2.12. The van der Waals surface area contributed by atoms with Crippen molar-refractivity contribution < 1.29 is 0 Å². The second-order valence-corrected chi connectivity index (χ2v) is 6.73. The van der Waals surface area contributed by atoms with Crippen molar-refractivity contribution in [1.82, 2.24) is 9.97 Å². The Balaban J connectivity index is 2.37. The molecule has 1 aromatic carbocycles. The second kappa shape index (κ2) is 5.90. The van der Waals surface area contributed by atoms with Crippen molar-refractivity contribution in [2.45, 2.75) is 27.7 Å². The van der Waals surface area contributed by atoms with Crippen molar-refractivity contribution in [2.24, 2.45) is 5.41 Å². The average molecular weight is 305 g/mol. The zero-order valence-corrected chi connectivity index (χ0v) is 13.6. The molecule has 112 valence electrons. The zero-order valence-electron chi connectivity index (χ0n) is 12.9. The van der Waals surface area contributed by atoms with E-state index in [4.69, 9.17) is 17.3 Å². The van der Waals surface area contributed by atoms with Gasteiger partial charge in [-0.3, -0.25) is 0 Å². The molecular weight excluding hydrogens is 284 g/mol. The average Bonchev–Trinajstić information content (AvgIpc) is 2.38. The number of anilines is 2. The number of hydrogen-bond acceptors (Lipinski definition) is 4. The van der Waals surface area contributed by atoms with E-state index in [-0.39, 0.29) is 11.4 Å². The summed E-state index contributed by atoms with van der Waals surface area (Å²) < 4.78 is 0. The molecule has 2 aromatic rings. The number of hydrogen-bond donors (Lipinski definition) is 2. The van der Waals surface area contributed by atoms with Crippen LogP contribution in [0.1, 0.15) is 26.3 Å². The SMILES string of the molecule is Cc1c(Cl)cccc1-c1cc(NCC(C)(C)C)nc(N)n1. The van der Waals surface area contributed by atoms with Crippen LogP contribution in [0.5, 0.6) is 0 Å². The molecule has 0 atom stereocenters. The van der Waals surface area contributed by atoms with Crippen molar-refractivity contribution in [3.8, 4) is 11.3 Å². The third-order valence-electron chi connectivity index (χ3n) is 3.09. The predicted octanol–water partition coefficient (Wildman–Crippen LogP) is 4.15. The Hall–Kier alpha value is -1.81. The fourth-order valence-electron chi connectivity index (χ4n) is 1.94. The van der Waals surface area contributed by atoms with Crippen LogP contribution in [-0.4, -0.2) is 16.5 Å². The molecule has 0 bridgehead atoms. The van der Waals surface area contributed by atoms with Gasteiger partial charge < -0.3 is 11.1 Å². The Labute approximate surface area is 130 Å². The summed E-state index contributed by atoms with van der Waals surface area (Å²) in [6.45, 7) is 9.25. The first-order valence-electron chi connectivity index (χ1n) is 6.90. The van der Waals surface area contributed by atoms with Crippen LogP contribution in [0.25, 0.3) is 11.3 Å². The zero-order chi connectivity index (χ0) is 15.6. The van der Waals surface area contributed by atoms with E-state index in [1.165, 1.54) is 0 Å². The standard InChI is InChI=1S/C16H21ClN4/c1-10-11(6-5-7-12(10)17)13-8-14(21-15(18)20-13)19-9-16(2,3)4/h5-8H,9H2,1-4H3,(H3,18,19,20,21). The van der Waals surface area contributed by atoms with E-state index >= 15 is 0 Å². The summed E-state index contributed by atoms with van der Waals surface area (Å²) in [5, 5.41) is 4.02. The first-order chi connectivity index (χ1) is 9.76. The molecule has 4 nitrogen and oxygen atoms in total. The van der Waals surface area contributed by atoms with Crippen LogP contribution < -0.4 is 11.1 Å². The molecule has 0 saturated heterocycles. The van der Waals surface area contributed by atoms with Crippen molar-refractivity contribution in [3.63, 3.8) is 0 Å². The summed E-state index contributed by atoms with van der Waals surface area (Å²) in [6.07, 6.45) is 0. The molecule has 0 amide bonds. The molecule has 1 heterocycles. The van der Waals surface area contributed by atoms with Gasteiger partial charge in [0.1, 0.15) is 5.82 Å². The van der Waals surface area contributed by atoms with E-state index in [2.05, 4.69) is 36.1 Å². The Morgan fingerprint density at radius 1 is 1.24 bits per heavy atom. The monoisotopic (exact) mass is 304 g/mol. The maximum atomic E-state index is 6.17. The van der Waals surface area contributed by atoms with E-state index in [0.29, 0.717) is 5.02 Å². The van der Waals surface area contributed by atoms with Gasteiger partial charge in [0.2, 0.25) is 5.95 Å². The number of nitrogen functional groups attached to an aromatic ring is 1. The van der Waals surface area contributed by atoms with E-state index in [1.54, 1.807) is 0 Å². The topological polar surface area (TPSA) is 63.8 Å². The number of rotatable bonds is 3. The number of nitrogens with zero attached hydrogens (tertiary/aromatic N) is 2. The summed E-state index contributed by atoms with van der Waals surface area (Å²) in [6, 6.07) is 7.66. The first kappa shape index (κ1) is 15.6. The van der Waals surface area contributed by atoms with Crippen molar-refractivity contribution in [1.29, 1.82) is 0 Å². The third-order valence-corrected chi connectivity index (χ3v) is 3.50. The van der Waals surface area contributed by atoms with Crippen LogP contribution in [0, 0.1) is 12.3 Å². The number of nitrogens with two attached hydrogens (primary N) is 1. The number of nitrogens with one attached hydrogen (secondary N) is 1. The summed E-state index contributed by atoms with van der Waals surface area (Å²) in [5.41, 5.74) is 8.72. The highest BCUT2D eigenvalue weighted by Crippen LogP contribution is 2.28. The van der Waals surface area contributed by atoms with Crippen LogP contribution in [0.4, 0.5) is 11.8 Å². The van der Waals surface area contributed by atoms with E-state index < -0.39 is 0 Å². The molecule has 0 unspecified atom stereocenters. The highest BCUT2D eigenvalue weighted by molar-refractivity contribution is 6.31. The van der Waals surface area contributed by atoms with Crippen LogP contribution >= 0.6 is 11.6 Å². The van der Waals surface area contributed by atoms with Gasteiger partial charge in [0.05, 0.1) is 5.69 Å². The van der Waals surface area contributed by atoms with Crippen molar-refractivity contribution in [3.05, 3.63) is 34.9 Å². The van der Waals surface area contributed by atoms with Crippen LogP contribution in [0.3, 0.4) is 0 Å². The van der Waals surface area contributed by atoms with Crippen molar-refractivity contribution in [2.75, 3.05) is 17.6 Å². The van der Waals surface area contributed by atoms with Gasteiger partial charge in [-0.2, -0.15) is 4.98 Å². The van der Waals surface area contributed by atoms with Gasteiger partial charge in [-0.1, -0.05) is 44.5 Å². The maximum absolute atomic E-state index is 6.17. The van der Waals surface area contributed by atoms with Gasteiger partial charge in [0.25, 0.3) is 0 Å². The van der Waals surface area contributed by atoms with Crippen LogP contribution in [-0.2, 0) is 0 Å². The molecule has 2 rings (SSSR count). The molecule has 0 spiro atoms. The molecule has 1 aromatic heterocycles. The molecule has 0 saturated carbocycles. The molecule has 0 fully saturated rings. The predicted molar refractivity (Wildman–Crippen MR) is 89.6 cm³/mol. The number of aromatic nitrogens is 2. The van der Waals surface area contributed by atoms with E-state index in [1.807, 2.05) is 31.2 Å². The Kier molecular flexibility index (Phi) is 4.37. The highest BCUT2D eigenvalue weighted by atomic mass is 35.5. The molecule has 3 N–H and O–H groups in total. The Bertz CT molecular complexity index is 647. The molecule has 0 aliphatic rings. The lowest BCUT2D eigenvalue weighted by molar-refractivity contribution is 0.442. The van der Waals surface area contributed by atoms with Crippen LogP contribution in [0.15, 0.2) is 24.3 Å². The van der Waals surface area contributed by atoms with Gasteiger partial charge in [0.15, 0.2) is 0 Å². The molecule has 0 aliphatic carbocycles. The van der Waals surface area contributed by atoms with E-state index in [0.717, 1.165) is 29.2 Å². The Morgan fingerprint density at radius 2 is 1.95 bits per heavy atom. The van der Waals surface area contributed by atoms with Crippen molar-refractivity contribution >= 4 is 23.4 Å². The van der Waals surface area contributed by atoms with Gasteiger partial charge in [-0.05, 0) is 24.0 Å². The number of benzene rings is 1. The molecule has 0 aliphatic heterocycles. The second-order valence-electron chi connectivity index (χ2n) is 6.32. The minimum absolute atomic E-state index is 0.159. The molecule has 0 radical (unpaired) electrons. The lowest BCUT2D eigenvalue weighted by Gasteiger charge is -2.19. The summed E-state index contributed by atoms with van der Waals surface area (Å²) >= 11 is 6.17. The summed E-state index contributed by atoms with van der Waals surface area (Å²) in [4.78, 5) is 8.56. The lowest BCUT2D eigenvalue weighted by Crippen LogP contribution is -2.20. The molecular formula is C16H21ClN4. The van der Waals surface area contributed by atoms with Crippen LogP contribution in [0.2, 0.25) is 5.02 Å². The quantitative estimate of drug-likeness (QED) is 0.894. The maximum Gasteiger partial charge on any atom is 0.222 e. The van der Waals surface area contributed by atoms with Gasteiger partial charge in [0, 0.05) is 23.2 Å². The fourth-order valence-corrected chi connectivity index (χ4v) is 2.11. The smallest absolute Gasteiger partial charge is 0.222 e.